The molecule has 25 heavy (non-hydrogen) atoms. The van der Waals surface area contributed by atoms with E-state index in [1.54, 1.807) is 6.92 Å². The molecule has 2 aromatic rings. The number of likely N-dealkylation sites (tertiary alicyclic amines) is 1. The fourth-order valence-electron chi connectivity index (χ4n) is 3.64. The van der Waals surface area contributed by atoms with E-state index in [2.05, 4.69) is 21.8 Å². The first-order valence-corrected chi connectivity index (χ1v) is 9.12. The van der Waals surface area contributed by atoms with Crippen molar-refractivity contribution in [2.45, 2.75) is 58.5 Å². The van der Waals surface area contributed by atoms with Gasteiger partial charge in [0.1, 0.15) is 0 Å². The van der Waals surface area contributed by atoms with Gasteiger partial charge in [-0.15, -0.1) is 0 Å². The summed E-state index contributed by atoms with van der Waals surface area (Å²) in [5.41, 5.74) is 1.91. The van der Waals surface area contributed by atoms with Gasteiger partial charge in [-0.1, -0.05) is 19.1 Å². The van der Waals surface area contributed by atoms with Crippen LogP contribution in [0.4, 0.5) is 5.95 Å². The summed E-state index contributed by atoms with van der Waals surface area (Å²) in [4.78, 5) is 30.8. The number of aromatic nitrogens is 2. The lowest BCUT2D eigenvalue weighted by Crippen LogP contribution is -2.44. The minimum Gasteiger partial charge on any atom is -0.339 e. The van der Waals surface area contributed by atoms with Crippen molar-refractivity contribution < 1.29 is 9.59 Å². The number of anilines is 1. The van der Waals surface area contributed by atoms with E-state index in [0.717, 1.165) is 49.8 Å². The number of piperidine rings is 1. The summed E-state index contributed by atoms with van der Waals surface area (Å²) in [5.74, 6) is 0.569. The molecular weight excluding hydrogens is 316 g/mol. The van der Waals surface area contributed by atoms with Gasteiger partial charge in [-0.3, -0.25) is 14.9 Å². The molecule has 2 amide bonds. The van der Waals surface area contributed by atoms with E-state index in [1.807, 2.05) is 29.2 Å². The van der Waals surface area contributed by atoms with Crippen LogP contribution in [0, 0.1) is 0 Å². The van der Waals surface area contributed by atoms with Crippen LogP contribution in [0.1, 0.15) is 46.0 Å². The van der Waals surface area contributed by atoms with E-state index in [1.165, 1.54) is 0 Å². The zero-order valence-corrected chi connectivity index (χ0v) is 15.0. The smallest absolute Gasteiger partial charge is 0.228 e. The number of benzene rings is 1. The number of nitrogens with zero attached hydrogens (tertiary/aromatic N) is 3. The topological polar surface area (TPSA) is 67.2 Å². The maximum atomic E-state index is 12.6. The minimum absolute atomic E-state index is 0.00439. The SMILES string of the molecule is CCCn1c(NC(=O)C[C@H]2CCCCN2C(C)=O)nc2ccccc21. The van der Waals surface area contributed by atoms with Crippen LogP contribution < -0.4 is 5.32 Å². The second kappa shape index (κ2) is 7.68. The molecule has 1 saturated heterocycles. The third kappa shape index (κ3) is 3.83. The number of carbonyl (C=O) groups excluding carboxylic acids is 2. The monoisotopic (exact) mass is 342 g/mol. The van der Waals surface area contributed by atoms with Crippen LogP contribution >= 0.6 is 0 Å². The molecule has 1 aromatic carbocycles. The number of fused-ring (bicyclic) bond motifs is 1. The van der Waals surface area contributed by atoms with Crippen LogP contribution in [0.15, 0.2) is 24.3 Å². The highest BCUT2D eigenvalue weighted by Crippen LogP contribution is 2.22. The number of nitrogens with one attached hydrogen (secondary N) is 1. The van der Waals surface area contributed by atoms with Crippen LogP contribution in [-0.4, -0.2) is 38.9 Å². The Balaban J connectivity index is 1.75. The summed E-state index contributed by atoms with van der Waals surface area (Å²) >= 11 is 0. The van der Waals surface area contributed by atoms with Crippen molar-refractivity contribution >= 4 is 28.8 Å². The van der Waals surface area contributed by atoms with Gasteiger partial charge < -0.3 is 9.47 Å². The number of imidazole rings is 1. The second-order valence-electron chi connectivity index (χ2n) is 6.69. The Kier molecular flexibility index (Phi) is 5.36. The van der Waals surface area contributed by atoms with Crippen LogP contribution in [0.2, 0.25) is 0 Å². The Morgan fingerprint density at radius 1 is 1.28 bits per heavy atom. The van der Waals surface area contributed by atoms with E-state index in [9.17, 15) is 9.59 Å². The minimum atomic E-state index is -0.0780. The quantitative estimate of drug-likeness (QED) is 0.907. The lowest BCUT2D eigenvalue weighted by atomic mass is 9.99. The number of aryl methyl sites for hydroxylation is 1. The molecule has 0 bridgehead atoms. The zero-order valence-electron chi connectivity index (χ0n) is 15.0. The van der Waals surface area contributed by atoms with Crippen molar-refractivity contribution in [1.29, 1.82) is 0 Å². The first kappa shape index (κ1) is 17.5. The molecule has 1 N–H and O–H groups in total. The molecular formula is C19H26N4O2. The normalized spacial score (nSPS) is 17.7. The van der Waals surface area contributed by atoms with Crippen molar-refractivity contribution in [3.05, 3.63) is 24.3 Å². The Labute approximate surface area is 148 Å². The highest BCUT2D eigenvalue weighted by molar-refractivity contribution is 5.92. The largest absolute Gasteiger partial charge is 0.339 e. The van der Waals surface area contributed by atoms with Gasteiger partial charge in [0.2, 0.25) is 17.8 Å². The average Bonchev–Trinajstić information content (AvgIpc) is 2.93. The molecule has 0 radical (unpaired) electrons. The highest BCUT2D eigenvalue weighted by Gasteiger charge is 2.27. The van der Waals surface area contributed by atoms with Gasteiger partial charge in [-0.05, 0) is 37.8 Å². The van der Waals surface area contributed by atoms with E-state index in [-0.39, 0.29) is 17.9 Å². The second-order valence-corrected chi connectivity index (χ2v) is 6.69. The number of hydrogen-bond donors (Lipinski definition) is 1. The van der Waals surface area contributed by atoms with E-state index < -0.39 is 0 Å². The van der Waals surface area contributed by atoms with Gasteiger partial charge in [0, 0.05) is 32.5 Å². The first-order valence-electron chi connectivity index (χ1n) is 9.12. The van der Waals surface area contributed by atoms with Crippen molar-refractivity contribution in [3.8, 4) is 0 Å². The van der Waals surface area contributed by atoms with E-state index in [0.29, 0.717) is 12.4 Å². The van der Waals surface area contributed by atoms with Gasteiger partial charge >= 0.3 is 0 Å². The number of para-hydroxylation sites is 2. The van der Waals surface area contributed by atoms with Crippen LogP contribution in [0.3, 0.4) is 0 Å². The van der Waals surface area contributed by atoms with Crippen molar-refractivity contribution in [1.82, 2.24) is 14.5 Å². The third-order valence-corrected chi connectivity index (χ3v) is 4.81. The third-order valence-electron chi connectivity index (χ3n) is 4.81. The zero-order chi connectivity index (χ0) is 17.8. The number of carbonyl (C=O) groups is 2. The molecule has 0 saturated carbocycles. The average molecular weight is 342 g/mol. The fourth-order valence-corrected chi connectivity index (χ4v) is 3.64. The number of amides is 2. The predicted molar refractivity (Wildman–Crippen MR) is 98.3 cm³/mol. The Hall–Kier alpha value is -2.37. The summed E-state index contributed by atoms with van der Waals surface area (Å²) in [6.45, 7) is 5.24. The molecule has 0 aliphatic carbocycles. The summed E-state index contributed by atoms with van der Waals surface area (Å²) in [5, 5.41) is 2.97. The summed E-state index contributed by atoms with van der Waals surface area (Å²) < 4.78 is 2.05. The van der Waals surface area contributed by atoms with Gasteiger partial charge in [-0.25, -0.2) is 4.98 Å². The molecule has 6 heteroatoms. The van der Waals surface area contributed by atoms with E-state index in [4.69, 9.17) is 0 Å². The lowest BCUT2D eigenvalue weighted by molar-refractivity contribution is -0.133. The maximum Gasteiger partial charge on any atom is 0.228 e. The Morgan fingerprint density at radius 3 is 2.84 bits per heavy atom. The molecule has 1 atom stereocenters. The molecule has 134 valence electrons. The Bertz CT molecular complexity index is 768. The molecule has 3 rings (SSSR count). The van der Waals surface area contributed by atoms with Crippen molar-refractivity contribution in [2.75, 3.05) is 11.9 Å². The van der Waals surface area contributed by atoms with Gasteiger partial charge in [0.25, 0.3) is 0 Å². The molecule has 0 spiro atoms. The van der Waals surface area contributed by atoms with E-state index >= 15 is 0 Å². The molecule has 1 aromatic heterocycles. The molecule has 1 aliphatic heterocycles. The van der Waals surface area contributed by atoms with Crippen LogP contribution in [0.25, 0.3) is 11.0 Å². The van der Waals surface area contributed by atoms with Crippen molar-refractivity contribution in [2.24, 2.45) is 0 Å². The summed E-state index contributed by atoms with van der Waals surface area (Å²) in [7, 11) is 0. The van der Waals surface area contributed by atoms with Crippen LogP contribution in [-0.2, 0) is 16.1 Å². The molecule has 1 fully saturated rings. The standard InChI is InChI=1S/C19H26N4O2/c1-3-11-23-17-10-5-4-9-16(17)20-19(23)21-18(25)13-15-8-6-7-12-22(15)14(2)24/h4-5,9-10,15H,3,6-8,11-13H2,1-2H3,(H,20,21,25)/t15-/m1/s1. The first-order chi connectivity index (χ1) is 12.1. The Morgan fingerprint density at radius 2 is 2.08 bits per heavy atom. The fraction of sp³-hybridized carbons (Fsp3) is 0.526. The lowest BCUT2D eigenvalue weighted by Gasteiger charge is -2.34. The molecule has 0 unspecified atom stereocenters. The van der Waals surface area contributed by atoms with Crippen molar-refractivity contribution in [3.63, 3.8) is 0 Å². The number of hydrogen-bond acceptors (Lipinski definition) is 3. The number of rotatable bonds is 5. The van der Waals surface area contributed by atoms with Crippen LogP contribution in [0.5, 0.6) is 0 Å². The van der Waals surface area contributed by atoms with Gasteiger partial charge in [0.05, 0.1) is 11.0 Å². The predicted octanol–water partition coefficient (Wildman–Crippen LogP) is 3.18. The molecule has 1 aliphatic rings. The summed E-state index contributed by atoms with van der Waals surface area (Å²) in [6, 6.07) is 7.90. The van der Waals surface area contributed by atoms with Gasteiger partial charge in [-0.2, -0.15) is 0 Å². The van der Waals surface area contributed by atoms with Gasteiger partial charge in [0.15, 0.2) is 0 Å². The highest BCUT2D eigenvalue weighted by atomic mass is 16.2. The summed E-state index contributed by atoms with van der Waals surface area (Å²) in [6.07, 6.45) is 4.26. The molecule has 6 nitrogen and oxygen atoms in total. The molecule has 2 heterocycles. The maximum absolute atomic E-state index is 12.6.